The molecule has 0 atom stereocenters. The number of hydrogen-bond donors (Lipinski definition) is 3. The molecular weight excluding hydrogens is 413 g/mol. The highest BCUT2D eigenvalue weighted by Crippen LogP contribution is 2.31. The Hall–Kier alpha value is -2.90. The van der Waals surface area contributed by atoms with Gasteiger partial charge in [-0.25, -0.2) is 9.78 Å². The summed E-state index contributed by atoms with van der Waals surface area (Å²) in [5, 5.41) is 9.24. The van der Waals surface area contributed by atoms with Crippen LogP contribution in [0.4, 0.5) is 16.2 Å². The van der Waals surface area contributed by atoms with Gasteiger partial charge in [-0.15, -0.1) is 0 Å². The van der Waals surface area contributed by atoms with Crippen molar-refractivity contribution in [1.82, 2.24) is 15.3 Å². The lowest BCUT2D eigenvalue weighted by Crippen LogP contribution is -2.28. The van der Waals surface area contributed by atoms with Gasteiger partial charge in [0.05, 0.1) is 27.5 Å². The second-order valence-corrected chi connectivity index (χ2v) is 7.13. The average Bonchev–Trinajstić information content (AvgIpc) is 2.63. The molecule has 29 heavy (non-hydrogen) atoms. The van der Waals surface area contributed by atoms with Crippen LogP contribution in [-0.4, -0.2) is 28.5 Å². The number of anilines is 2. The van der Waals surface area contributed by atoms with Crippen LogP contribution in [0, 0.1) is 13.8 Å². The summed E-state index contributed by atoms with van der Waals surface area (Å²) >= 11 is 12.3. The van der Waals surface area contributed by atoms with Crippen LogP contribution in [0.5, 0.6) is 0 Å². The topological polar surface area (TPSA) is 96.0 Å². The van der Waals surface area contributed by atoms with E-state index in [-0.39, 0.29) is 21.8 Å². The Morgan fingerprint density at radius 2 is 1.90 bits per heavy atom. The number of urea groups is 1. The molecule has 0 unspecified atom stereocenters. The van der Waals surface area contributed by atoms with Gasteiger partial charge in [-0.1, -0.05) is 35.3 Å². The van der Waals surface area contributed by atoms with Gasteiger partial charge < -0.3 is 16.0 Å². The van der Waals surface area contributed by atoms with Gasteiger partial charge in [-0.05, 0) is 38.5 Å². The molecule has 9 heteroatoms. The number of nitrogens with zero attached hydrogens (tertiary/aromatic N) is 2. The number of amides is 3. The van der Waals surface area contributed by atoms with Crippen LogP contribution in [0.25, 0.3) is 10.9 Å². The molecule has 2 aromatic heterocycles. The number of benzene rings is 1. The van der Waals surface area contributed by atoms with Crippen molar-refractivity contribution in [1.29, 1.82) is 0 Å². The fraction of sp³-hybridized carbons (Fsp3) is 0.200. The summed E-state index contributed by atoms with van der Waals surface area (Å²) in [6, 6.07) is 6.55. The molecule has 1 aromatic carbocycles. The molecule has 0 saturated heterocycles. The minimum atomic E-state index is -0.499. The first kappa shape index (κ1) is 20.8. The third-order valence-corrected chi connectivity index (χ3v) is 4.76. The van der Waals surface area contributed by atoms with Crippen molar-refractivity contribution in [3.63, 3.8) is 0 Å². The molecule has 0 fully saturated rings. The lowest BCUT2D eigenvalue weighted by molar-refractivity contribution is 0.102. The predicted molar refractivity (Wildman–Crippen MR) is 116 cm³/mol. The van der Waals surface area contributed by atoms with Crippen LogP contribution >= 0.6 is 23.2 Å². The lowest BCUT2D eigenvalue weighted by atomic mass is 10.1. The molecule has 0 bridgehead atoms. The molecule has 3 N–H and O–H groups in total. The second kappa shape index (κ2) is 8.63. The molecule has 0 aliphatic carbocycles. The van der Waals surface area contributed by atoms with Crippen molar-refractivity contribution in [2.45, 2.75) is 20.8 Å². The highest BCUT2D eigenvalue weighted by atomic mass is 35.5. The predicted octanol–water partition coefficient (Wildman–Crippen LogP) is 4.95. The first-order valence-corrected chi connectivity index (χ1v) is 9.64. The maximum atomic E-state index is 12.8. The minimum Gasteiger partial charge on any atom is -0.338 e. The summed E-state index contributed by atoms with van der Waals surface area (Å²) in [7, 11) is 0. The number of hydrogen-bond acceptors (Lipinski definition) is 4. The number of nitrogens with one attached hydrogen (secondary N) is 3. The Labute approximate surface area is 177 Å². The number of carbonyl (C=O) groups excluding carboxylic acids is 2. The fourth-order valence-electron chi connectivity index (χ4n) is 2.89. The average molecular weight is 432 g/mol. The van der Waals surface area contributed by atoms with E-state index in [1.807, 2.05) is 19.9 Å². The summed E-state index contributed by atoms with van der Waals surface area (Å²) in [4.78, 5) is 33.3. The molecule has 3 aromatic rings. The Balaban J connectivity index is 2.01. The number of aromatic nitrogens is 2. The Kier molecular flexibility index (Phi) is 6.20. The maximum absolute atomic E-state index is 12.8. The molecular formula is C20H19Cl2N5O2. The Morgan fingerprint density at radius 1 is 1.14 bits per heavy atom. The second-order valence-electron chi connectivity index (χ2n) is 6.37. The van der Waals surface area contributed by atoms with Crippen molar-refractivity contribution < 1.29 is 9.59 Å². The van der Waals surface area contributed by atoms with Crippen molar-refractivity contribution in [2.75, 3.05) is 17.2 Å². The zero-order chi connectivity index (χ0) is 21.1. The number of rotatable bonds is 4. The van der Waals surface area contributed by atoms with E-state index in [1.54, 1.807) is 31.3 Å². The van der Waals surface area contributed by atoms with E-state index in [0.717, 1.165) is 5.56 Å². The number of fused-ring (bicyclic) bond motifs is 1. The van der Waals surface area contributed by atoms with Crippen LogP contribution < -0.4 is 16.0 Å². The van der Waals surface area contributed by atoms with Crippen molar-refractivity contribution in [2.24, 2.45) is 0 Å². The number of carbonyl (C=O) groups is 2. The molecule has 0 spiro atoms. The third-order valence-electron chi connectivity index (χ3n) is 4.19. The molecule has 2 heterocycles. The largest absolute Gasteiger partial charge is 0.338 e. The van der Waals surface area contributed by atoms with Gasteiger partial charge in [0.1, 0.15) is 5.15 Å². The van der Waals surface area contributed by atoms with Gasteiger partial charge in [0.15, 0.2) is 0 Å². The van der Waals surface area contributed by atoms with E-state index in [9.17, 15) is 9.59 Å². The van der Waals surface area contributed by atoms with E-state index in [2.05, 4.69) is 25.9 Å². The van der Waals surface area contributed by atoms with Crippen LogP contribution in [0.2, 0.25) is 10.2 Å². The Morgan fingerprint density at radius 3 is 2.59 bits per heavy atom. The first-order chi connectivity index (χ1) is 13.8. The van der Waals surface area contributed by atoms with Crippen LogP contribution in [0.15, 0.2) is 30.5 Å². The quantitative estimate of drug-likeness (QED) is 0.509. The smallest absolute Gasteiger partial charge is 0.319 e. The van der Waals surface area contributed by atoms with Crippen molar-refractivity contribution in [3.8, 4) is 0 Å². The Bertz CT molecular complexity index is 1090. The van der Waals surface area contributed by atoms with Crippen LogP contribution in [-0.2, 0) is 0 Å². The zero-order valence-electron chi connectivity index (χ0n) is 16.1. The molecule has 0 aliphatic rings. The molecule has 150 valence electrons. The summed E-state index contributed by atoms with van der Waals surface area (Å²) < 4.78 is 0. The number of para-hydroxylation sites is 1. The van der Waals surface area contributed by atoms with Crippen LogP contribution in [0.3, 0.4) is 0 Å². The van der Waals surface area contributed by atoms with E-state index in [4.69, 9.17) is 23.2 Å². The zero-order valence-corrected chi connectivity index (χ0v) is 17.6. The van der Waals surface area contributed by atoms with E-state index in [1.165, 1.54) is 0 Å². The SMILES string of the molecule is CCNC(=O)Nc1c(C)cnc2c(NC(=O)c3c(Cl)cc(C)nc3Cl)cccc12. The minimum absolute atomic E-state index is 0.0233. The van der Waals surface area contributed by atoms with E-state index in [0.29, 0.717) is 34.5 Å². The van der Waals surface area contributed by atoms with Gasteiger partial charge in [0, 0.05) is 23.8 Å². The number of aryl methyl sites for hydroxylation is 2. The summed E-state index contributed by atoms with van der Waals surface area (Å²) in [6.07, 6.45) is 1.63. The molecule has 0 saturated carbocycles. The van der Waals surface area contributed by atoms with E-state index >= 15 is 0 Å². The molecule has 3 amide bonds. The molecule has 7 nitrogen and oxygen atoms in total. The van der Waals surface area contributed by atoms with Gasteiger partial charge in [-0.3, -0.25) is 9.78 Å². The fourth-order valence-corrected chi connectivity index (χ4v) is 3.59. The maximum Gasteiger partial charge on any atom is 0.319 e. The summed E-state index contributed by atoms with van der Waals surface area (Å²) in [6.45, 7) is 5.92. The van der Waals surface area contributed by atoms with E-state index < -0.39 is 5.91 Å². The lowest BCUT2D eigenvalue weighted by Gasteiger charge is -2.15. The molecule has 3 rings (SSSR count). The first-order valence-electron chi connectivity index (χ1n) is 8.89. The highest BCUT2D eigenvalue weighted by Gasteiger charge is 2.19. The van der Waals surface area contributed by atoms with Gasteiger partial charge in [0.25, 0.3) is 5.91 Å². The number of halogens is 2. The van der Waals surface area contributed by atoms with Crippen molar-refractivity contribution >= 4 is 57.4 Å². The monoisotopic (exact) mass is 431 g/mol. The molecule has 0 radical (unpaired) electrons. The van der Waals surface area contributed by atoms with Gasteiger partial charge in [-0.2, -0.15) is 0 Å². The third kappa shape index (κ3) is 4.41. The highest BCUT2D eigenvalue weighted by molar-refractivity contribution is 6.39. The van der Waals surface area contributed by atoms with Crippen LogP contribution in [0.1, 0.15) is 28.5 Å². The summed E-state index contributed by atoms with van der Waals surface area (Å²) in [5.41, 5.74) is 3.08. The standard InChI is InChI=1S/C20H19Cl2N5O2/c1-4-23-20(29)27-16-10(2)9-24-17-12(16)6-5-7-14(17)26-19(28)15-13(21)8-11(3)25-18(15)22/h5-9H,4H2,1-3H3,(H,26,28)(H2,23,24,27,29). The van der Waals surface area contributed by atoms with Gasteiger partial charge >= 0.3 is 6.03 Å². The van der Waals surface area contributed by atoms with Gasteiger partial charge in [0.2, 0.25) is 0 Å². The number of pyridine rings is 2. The molecule has 0 aliphatic heterocycles. The van der Waals surface area contributed by atoms with Crippen molar-refractivity contribution in [3.05, 3.63) is 57.5 Å². The normalized spacial score (nSPS) is 10.7. The summed E-state index contributed by atoms with van der Waals surface area (Å²) in [5.74, 6) is -0.499.